The summed E-state index contributed by atoms with van der Waals surface area (Å²) in [5.74, 6) is -0.829. The molecular formula is C14H13ClFN3O. The maximum atomic E-state index is 13.0. The molecule has 0 saturated heterocycles. The van der Waals surface area contributed by atoms with Crippen LogP contribution in [0.4, 0.5) is 10.1 Å². The molecule has 2 aromatic rings. The topological polar surface area (TPSA) is 68.0 Å². The van der Waals surface area contributed by atoms with Gasteiger partial charge in [0.15, 0.2) is 0 Å². The van der Waals surface area contributed by atoms with Crippen LogP contribution < -0.4 is 11.1 Å². The van der Waals surface area contributed by atoms with E-state index in [4.69, 9.17) is 17.3 Å². The summed E-state index contributed by atoms with van der Waals surface area (Å²) >= 11 is 5.67. The highest BCUT2D eigenvalue weighted by molar-refractivity contribution is 6.30. The van der Waals surface area contributed by atoms with Gasteiger partial charge in [0.05, 0.1) is 10.6 Å². The average Bonchev–Trinajstić information content (AvgIpc) is 2.40. The van der Waals surface area contributed by atoms with E-state index in [0.29, 0.717) is 16.8 Å². The van der Waals surface area contributed by atoms with E-state index in [9.17, 15) is 9.18 Å². The van der Waals surface area contributed by atoms with Gasteiger partial charge in [0.2, 0.25) is 0 Å². The van der Waals surface area contributed by atoms with Crippen molar-refractivity contribution in [3.63, 3.8) is 0 Å². The monoisotopic (exact) mass is 293 g/mol. The summed E-state index contributed by atoms with van der Waals surface area (Å²) in [6, 6.07) is 5.90. The molecule has 0 unspecified atom stereocenters. The third-order valence-electron chi connectivity index (χ3n) is 2.75. The van der Waals surface area contributed by atoms with Crippen molar-refractivity contribution >= 4 is 23.2 Å². The van der Waals surface area contributed by atoms with Crippen molar-refractivity contribution in [2.24, 2.45) is 0 Å². The summed E-state index contributed by atoms with van der Waals surface area (Å²) in [6.45, 7) is 2.02. The smallest absolute Gasteiger partial charge is 0.255 e. The van der Waals surface area contributed by atoms with E-state index in [1.54, 1.807) is 19.1 Å². The molecule has 1 aromatic heterocycles. The lowest BCUT2D eigenvalue weighted by Gasteiger charge is -2.08. The van der Waals surface area contributed by atoms with Gasteiger partial charge in [-0.1, -0.05) is 17.7 Å². The first-order chi connectivity index (χ1) is 9.47. The maximum Gasteiger partial charge on any atom is 0.255 e. The minimum absolute atomic E-state index is 0.0215. The van der Waals surface area contributed by atoms with Crippen LogP contribution in [0.1, 0.15) is 21.6 Å². The standard InChI is InChI=1S/C14H13ClFN3O/c1-8-4-13(17)10(7-18-8)14(20)19-6-9-2-3-12(16)11(15)5-9/h2-5,7H,6H2,1H3,(H2,17,18)(H,19,20). The Morgan fingerprint density at radius 2 is 2.20 bits per heavy atom. The van der Waals surface area contributed by atoms with Gasteiger partial charge in [0.25, 0.3) is 5.91 Å². The molecule has 1 amide bonds. The van der Waals surface area contributed by atoms with E-state index in [1.807, 2.05) is 0 Å². The number of rotatable bonds is 3. The molecule has 0 aliphatic carbocycles. The zero-order chi connectivity index (χ0) is 14.7. The first-order valence-electron chi connectivity index (χ1n) is 5.91. The van der Waals surface area contributed by atoms with Crippen LogP contribution in [0.25, 0.3) is 0 Å². The average molecular weight is 294 g/mol. The largest absolute Gasteiger partial charge is 0.398 e. The molecule has 20 heavy (non-hydrogen) atoms. The Balaban J connectivity index is 2.06. The third kappa shape index (κ3) is 3.24. The minimum Gasteiger partial charge on any atom is -0.398 e. The number of nitrogen functional groups attached to an aromatic ring is 1. The Hall–Kier alpha value is -2.14. The normalized spacial score (nSPS) is 10.3. The summed E-state index contributed by atoms with van der Waals surface area (Å²) in [7, 11) is 0. The lowest BCUT2D eigenvalue weighted by atomic mass is 10.2. The Morgan fingerprint density at radius 1 is 1.45 bits per heavy atom. The van der Waals surface area contributed by atoms with E-state index in [-0.39, 0.29) is 17.5 Å². The van der Waals surface area contributed by atoms with Crippen molar-refractivity contribution in [1.82, 2.24) is 10.3 Å². The number of amides is 1. The molecule has 0 spiro atoms. The second-order valence-electron chi connectivity index (χ2n) is 4.34. The van der Waals surface area contributed by atoms with Crippen LogP contribution >= 0.6 is 11.6 Å². The van der Waals surface area contributed by atoms with Crippen molar-refractivity contribution in [3.8, 4) is 0 Å². The molecule has 2 rings (SSSR count). The molecular weight excluding hydrogens is 281 g/mol. The molecule has 1 aromatic carbocycles. The van der Waals surface area contributed by atoms with E-state index in [0.717, 1.165) is 5.69 Å². The predicted molar refractivity (Wildman–Crippen MR) is 76.0 cm³/mol. The highest BCUT2D eigenvalue weighted by Crippen LogP contribution is 2.16. The summed E-state index contributed by atoms with van der Waals surface area (Å²) in [4.78, 5) is 16.0. The van der Waals surface area contributed by atoms with E-state index < -0.39 is 5.82 Å². The highest BCUT2D eigenvalue weighted by Gasteiger charge is 2.10. The number of carbonyl (C=O) groups excluding carboxylic acids is 1. The quantitative estimate of drug-likeness (QED) is 0.914. The van der Waals surface area contributed by atoms with Gasteiger partial charge in [-0.2, -0.15) is 0 Å². The second kappa shape index (κ2) is 5.88. The molecule has 0 saturated carbocycles. The van der Waals surface area contributed by atoms with Gasteiger partial charge < -0.3 is 11.1 Å². The van der Waals surface area contributed by atoms with Crippen LogP contribution in [0.3, 0.4) is 0 Å². The van der Waals surface area contributed by atoms with Gasteiger partial charge in [-0.15, -0.1) is 0 Å². The molecule has 1 heterocycles. The molecule has 0 radical (unpaired) electrons. The summed E-state index contributed by atoms with van der Waals surface area (Å²) in [5.41, 5.74) is 7.88. The first-order valence-corrected chi connectivity index (χ1v) is 6.29. The van der Waals surface area contributed by atoms with E-state index in [1.165, 1.54) is 18.3 Å². The Labute approximate surface area is 120 Å². The number of nitrogens with one attached hydrogen (secondary N) is 1. The van der Waals surface area contributed by atoms with Gasteiger partial charge in [0.1, 0.15) is 5.82 Å². The number of aromatic nitrogens is 1. The minimum atomic E-state index is -0.492. The fourth-order valence-electron chi connectivity index (χ4n) is 1.70. The number of carbonyl (C=O) groups is 1. The summed E-state index contributed by atoms with van der Waals surface area (Å²) in [5, 5.41) is 2.70. The number of halogens is 2. The van der Waals surface area contributed by atoms with Gasteiger partial charge in [0, 0.05) is 24.1 Å². The zero-order valence-electron chi connectivity index (χ0n) is 10.8. The van der Waals surface area contributed by atoms with E-state index >= 15 is 0 Å². The van der Waals surface area contributed by atoms with Gasteiger partial charge >= 0.3 is 0 Å². The number of pyridine rings is 1. The fraction of sp³-hybridized carbons (Fsp3) is 0.143. The summed E-state index contributed by atoms with van der Waals surface area (Å²) < 4.78 is 13.0. The zero-order valence-corrected chi connectivity index (χ0v) is 11.5. The maximum absolute atomic E-state index is 13.0. The Kier molecular flexibility index (Phi) is 4.20. The van der Waals surface area contributed by atoms with Crippen LogP contribution in [0.15, 0.2) is 30.5 Å². The van der Waals surface area contributed by atoms with E-state index in [2.05, 4.69) is 10.3 Å². The number of anilines is 1. The molecule has 104 valence electrons. The molecule has 3 N–H and O–H groups in total. The van der Waals surface area contributed by atoms with Crippen molar-refractivity contribution in [2.45, 2.75) is 13.5 Å². The summed E-state index contributed by atoms with van der Waals surface area (Å²) in [6.07, 6.45) is 1.43. The molecule has 4 nitrogen and oxygen atoms in total. The van der Waals surface area contributed by atoms with Gasteiger partial charge in [-0.25, -0.2) is 4.39 Å². The third-order valence-corrected chi connectivity index (χ3v) is 3.04. The van der Waals surface area contributed by atoms with Crippen LogP contribution in [0.5, 0.6) is 0 Å². The van der Waals surface area contributed by atoms with Crippen molar-refractivity contribution in [3.05, 3.63) is 58.1 Å². The Bertz CT molecular complexity index is 661. The lowest BCUT2D eigenvalue weighted by molar-refractivity contribution is 0.0951. The van der Waals surface area contributed by atoms with Crippen LogP contribution in [-0.2, 0) is 6.54 Å². The Morgan fingerprint density at radius 3 is 2.85 bits per heavy atom. The number of aryl methyl sites for hydroxylation is 1. The first kappa shape index (κ1) is 14.3. The molecule has 0 aliphatic heterocycles. The molecule has 0 aliphatic rings. The lowest BCUT2D eigenvalue weighted by Crippen LogP contribution is -2.24. The second-order valence-corrected chi connectivity index (χ2v) is 4.75. The number of nitrogens with zero attached hydrogens (tertiary/aromatic N) is 1. The van der Waals surface area contributed by atoms with Crippen LogP contribution in [0.2, 0.25) is 5.02 Å². The molecule has 0 atom stereocenters. The SMILES string of the molecule is Cc1cc(N)c(C(=O)NCc2ccc(F)c(Cl)c2)cn1. The number of benzene rings is 1. The predicted octanol–water partition coefficient (Wildman–Crippen LogP) is 2.69. The number of hydrogen-bond donors (Lipinski definition) is 2. The number of hydrogen-bond acceptors (Lipinski definition) is 3. The highest BCUT2D eigenvalue weighted by atomic mass is 35.5. The van der Waals surface area contributed by atoms with Crippen molar-refractivity contribution in [1.29, 1.82) is 0 Å². The molecule has 0 fully saturated rings. The van der Waals surface area contributed by atoms with Gasteiger partial charge in [-0.05, 0) is 30.7 Å². The van der Waals surface area contributed by atoms with Crippen LogP contribution in [-0.4, -0.2) is 10.9 Å². The molecule has 0 bridgehead atoms. The van der Waals surface area contributed by atoms with Gasteiger partial charge in [-0.3, -0.25) is 9.78 Å². The van der Waals surface area contributed by atoms with Crippen molar-refractivity contribution in [2.75, 3.05) is 5.73 Å². The molecule has 6 heteroatoms. The van der Waals surface area contributed by atoms with Crippen LogP contribution in [0, 0.1) is 12.7 Å². The fourth-order valence-corrected chi connectivity index (χ4v) is 1.90. The number of nitrogens with two attached hydrogens (primary N) is 1. The van der Waals surface area contributed by atoms with Crippen molar-refractivity contribution < 1.29 is 9.18 Å².